The van der Waals surface area contributed by atoms with E-state index < -0.39 is 0 Å². The van der Waals surface area contributed by atoms with Gasteiger partial charge in [-0.1, -0.05) is 54.2 Å². The summed E-state index contributed by atoms with van der Waals surface area (Å²) >= 11 is 13.0. The molecule has 2 rings (SSSR count). The van der Waals surface area contributed by atoms with Crippen LogP contribution in [-0.4, -0.2) is 17.3 Å². The SMILES string of the molecule is S=C(NCCSc1ccc(Cl)cc1)c1ccccc1. The zero-order valence-corrected chi connectivity index (χ0v) is 12.7. The Morgan fingerprint density at radius 2 is 1.74 bits per heavy atom. The van der Waals surface area contributed by atoms with Gasteiger partial charge in [0, 0.05) is 27.8 Å². The smallest absolute Gasteiger partial charge is 0.106 e. The third-order valence-corrected chi connectivity index (χ3v) is 4.15. The van der Waals surface area contributed by atoms with Crippen LogP contribution in [0, 0.1) is 0 Å². The van der Waals surface area contributed by atoms with E-state index in [1.165, 1.54) is 4.90 Å². The van der Waals surface area contributed by atoms with Crippen LogP contribution in [0.1, 0.15) is 5.56 Å². The van der Waals surface area contributed by atoms with Crippen LogP contribution in [0.5, 0.6) is 0 Å². The van der Waals surface area contributed by atoms with Crippen molar-refractivity contribution in [3.63, 3.8) is 0 Å². The van der Waals surface area contributed by atoms with Crippen LogP contribution in [0.4, 0.5) is 0 Å². The largest absolute Gasteiger partial charge is 0.375 e. The molecule has 0 radical (unpaired) electrons. The molecule has 0 bridgehead atoms. The van der Waals surface area contributed by atoms with E-state index in [1.54, 1.807) is 11.8 Å². The Bertz CT molecular complexity index is 526. The van der Waals surface area contributed by atoms with Gasteiger partial charge in [-0.25, -0.2) is 0 Å². The Morgan fingerprint density at radius 3 is 2.42 bits per heavy atom. The van der Waals surface area contributed by atoms with Crippen molar-refractivity contribution in [1.82, 2.24) is 5.32 Å². The van der Waals surface area contributed by atoms with E-state index in [2.05, 4.69) is 5.32 Å². The van der Waals surface area contributed by atoms with Crippen molar-refractivity contribution in [3.05, 3.63) is 65.2 Å². The highest BCUT2D eigenvalue weighted by atomic mass is 35.5. The number of hydrogen-bond donors (Lipinski definition) is 1. The van der Waals surface area contributed by atoms with Crippen LogP contribution in [0.25, 0.3) is 0 Å². The second-order valence-corrected chi connectivity index (χ2v) is 5.94. The summed E-state index contributed by atoms with van der Waals surface area (Å²) in [7, 11) is 0. The van der Waals surface area contributed by atoms with Gasteiger partial charge in [0.05, 0.1) is 0 Å². The van der Waals surface area contributed by atoms with Gasteiger partial charge in [0.1, 0.15) is 4.99 Å². The predicted molar refractivity (Wildman–Crippen MR) is 88.3 cm³/mol. The average molecular weight is 308 g/mol. The number of thiocarbonyl (C=S) groups is 1. The molecule has 0 amide bonds. The first-order valence-electron chi connectivity index (χ1n) is 5.97. The first-order chi connectivity index (χ1) is 9.25. The molecule has 2 aromatic rings. The number of halogens is 1. The fraction of sp³-hybridized carbons (Fsp3) is 0.133. The van der Waals surface area contributed by atoms with Gasteiger partial charge in [0.25, 0.3) is 0 Å². The summed E-state index contributed by atoms with van der Waals surface area (Å²) in [5.74, 6) is 0.967. The topological polar surface area (TPSA) is 12.0 Å². The Labute approximate surface area is 128 Å². The molecule has 0 unspecified atom stereocenters. The molecular weight excluding hydrogens is 294 g/mol. The number of nitrogens with one attached hydrogen (secondary N) is 1. The van der Waals surface area contributed by atoms with Gasteiger partial charge in [0.15, 0.2) is 0 Å². The predicted octanol–water partition coefficient (Wildman–Crippen LogP) is 4.40. The molecule has 98 valence electrons. The Hall–Kier alpha value is -1.03. The summed E-state index contributed by atoms with van der Waals surface area (Å²) in [4.78, 5) is 2.02. The van der Waals surface area contributed by atoms with Gasteiger partial charge in [-0.2, -0.15) is 0 Å². The Kier molecular flexibility index (Phi) is 5.70. The third kappa shape index (κ3) is 4.86. The second-order valence-electron chi connectivity index (χ2n) is 3.92. The zero-order chi connectivity index (χ0) is 13.5. The van der Waals surface area contributed by atoms with Crippen molar-refractivity contribution in [2.24, 2.45) is 0 Å². The summed E-state index contributed by atoms with van der Waals surface area (Å²) in [6.45, 7) is 0.848. The lowest BCUT2D eigenvalue weighted by atomic mass is 10.2. The number of hydrogen-bond acceptors (Lipinski definition) is 2. The molecule has 2 aromatic carbocycles. The van der Waals surface area contributed by atoms with Gasteiger partial charge in [0.2, 0.25) is 0 Å². The molecule has 0 fully saturated rings. The molecule has 0 aromatic heterocycles. The maximum atomic E-state index is 5.84. The highest BCUT2D eigenvalue weighted by Gasteiger charge is 1.99. The van der Waals surface area contributed by atoms with Gasteiger partial charge >= 0.3 is 0 Å². The van der Waals surface area contributed by atoms with E-state index in [4.69, 9.17) is 23.8 Å². The molecule has 0 aliphatic carbocycles. The zero-order valence-electron chi connectivity index (χ0n) is 10.3. The third-order valence-electron chi connectivity index (χ3n) is 2.51. The first kappa shape index (κ1) is 14.4. The van der Waals surface area contributed by atoms with Gasteiger partial charge < -0.3 is 5.32 Å². The lowest BCUT2D eigenvalue weighted by molar-refractivity contribution is 0.993. The monoisotopic (exact) mass is 307 g/mol. The van der Waals surface area contributed by atoms with E-state index in [1.807, 2.05) is 54.6 Å². The lowest BCUT2D eigenvalue weighted by Gasteiger charge is -2.07. The molecular formula is C15H14ClNS2. The fourth-order valence-electron chi connectivity index (χ4n) is 1.56. The summed E-state index contributed by atoms with van der Waals surface area (Å²) in [5.41, 5.74) is 1.06. The quantitative estimate of drug-likeness (QED) is 0.499. The number of thioether (sulfide) groups is 1. The van der Waals surface area contributed by atoms with Gasteiger partial charge in [-0.15, -0.1) is 11.8 Å². The Balaban J connectivity index is 1.72. The maximum absolute atomic E-state index is 5.84. The maximum Gasteiger partial charge on any atom is 0.106 e. The molecule has 1 N–H and O–H groups in total. The van der Waals surface area contributed by atoms with Crippen molar-refractivity contribution in [1.29, 1.82) is 0 Å². The van der Waals surface area contributed by atoms with Crippen molar-refractivity contribution in [2.75, 3.05) is 12.3 Å². The molecule has 0 spiro atoms. The highest BCUT2D eigenvalue weighted by Crippen LogP contribution is 2.19. The summed E-state index contributed by atoms with van der Waals surface area (Å²) in [6, 6.07) is 17.9. The normalized spacial score (nSPS) is 10.2. The van der Waals surface area contributed by atoms with Crippen LogP contribution in [-0.2, 0) is 0 Å². The molecule has 0 aliphatic rings. The van der Waals surface area contributed by atoms with Crippen molar-refractivity contribution >= 4 is 40.6 Å². The van der Waals surface area contributed by atoms with Crippen LogP contribution in [0.3, 0.4) is 0 Å². The molecule has 0 saturated heterocycles. The molecule has 0 saturated carbocycles. The number of benzene rings is 2. The van der Waals surface area contributed by atoms with E-state index in [0.29, 0.717) is 0 Å². The standard InChI is InChI=1S/C15H14ClNS2/c16-13-6-8-14(9-7-13)19-11-10-17-15(18)12-4-2-1-3-5-12/h1-9H,10-11H2,(H,17,18). The minimum absolute atomic E-state index is 0.771. The van der Waals surface area contributed by atoms with Crippen molar-refractivity contribution in [3.8, 4) is 0 Å². The molecule has 0 atom stereocenters. The number of rotatable bonds is 5. The van der Waals surface area contributed by atoms with E-state index in [0.717, 1.165) is 27.9 Å². The van der Waals surface area contributed by atoms with Crippen molar-refractivity contribution < 1.29 is 0 Å². The van der Waals surface area contributed by atoms with Crippen molar-refractivity contribution in [2.45, 2.75) is 4.90 Å². The van der Waals surface area contributed by atoms with Crippen LogP contribution in [0.15, 0.2) is 59.5 Å². The minimum Gasteiger partial charge on any atom is -0.375 e. The molecule has 1 nitrogen and oxygen atoms in total. The molecule has 0 aliphatic heterocycles. The van der Waals surface area contributed by atoms with E-state index in [-0.39, 0.29) is 0 Å². The highest BCUT2D eigenvalue weighted by molar-refractivity contribution is 7.99. The molecule has 4 heteroatoms. The lowest BCUT2D eigenvalue weighted by Crippen LogP contribution is -2.24. The van der Waals surface area contributed by atoms with E-state index in [9.17, 15) is 0 Å². The van der Waals surface area contributed by atoms with Gasteiger partial charge in [-0.3, -0.25) is 0 Å². The second kappa shape index (κ2) is 7.53. The van der Waals surface area contributed by atoms with Gasteiger partial charge in [-0.05, 0) is 24.3 Å². The summed E-state index contributed by atoms with van der Waals surface area (Å²) in [5, 5.41) is 4.04. The summed E-state index contributed by atoms with van der Waals surface area (Å²) in [6.07, 6.45) is 0. The first-order valence-corrected chi connectivity index (χ1v) is 7.74. The summed E-state index contributed by atoms with van der Waals surface area (Å²) < 4.78 is 0. The average Bonchev–Trinajstić information content (AvgIpc) is 2.46. The molecule has 19 heavy (non-hydrogen) atoms. The Morgan fingerprint density at radius 1 is 1.05 bits per heavy atom. The molecule has 0 heterocycles. The van der Waals surface area contributed by atoms with Crippen LogP contribution < -0.4 is 5.32 Å². The van der Waals surface area contributed by atoms with Crippen LogP contribution in [0.2, 0.25) is 5.02 Å². The van der Waals surface area contributed by atoms with E-state index >= 15 is 0 Å². The fourth-order valence-corrected chi connectivity index (χ4v) is 2.69. The minimum atomic E-state index is 0.771. The van der Waals surface area contributed by atoms with Crippen LogP contribution >= 0.6 is 35.6 Å².